The van der Waals surface area contributed by atoms with Crippen LogP contribution in [0.2, 0.25) is 0 Å². The van der Waals surface area contributed by atoms with Gasteiger partial charge in [0.1, 0.15) is 0 Å². The van der Waals surface area contributed by atoms with Crippen LogP contribution in [0.25, 0.3) is 0 Å². The van der Waals surface area contributed by atoms with Crippen LogP contribution in [0.4, 0.5) is 5.69 Å². The molecule has 0 amide bonds. The summed E-state index contributed by atoms with van der Waals surface area (Å²) in [5.74, 6) is 1.34. The summed E-state index contributed by atoms with van der Waals surface area (Å²) in [5.41, 5.74) is 2.69. The van der Waals surface area contributed by atoms with Crippen molar-refractivity contribution in [2.24, 2.45) is 5.92 Å². The zero-order valence-electron chi connectivity index (χ0n) is 12.0. The zero-order valence-corrected chi connectivity index (χ0v) is 12.0. The van der Waals surface area contributed by atoms with Gasteiger partial charge in [-0.15, -0.1) is 0 Å². The molecular formula is C16H27N. The van der Waals surface area contributed by atoms with Crippen molar-refractivity contribution in [1.82, 2.24) is 0 Å². The first-order chi connectivity index (χ1) is 8.08. The molecular weight excluding hydrogens is 206 g/mol. The number of benzene rings is 1. The molecule has 0 saturated heterocycles. The molecule has 0 radical (unpaired) electrons. The molecule has 1 nitrogen and oxygen atoms in total. The van der Waals surface area contributed by atoms with Gasteiger partial charge in [0.05, 0.1) is 0 Å². The smallest absolute Gasteiger partial charge is 0.0342 e. The number of hydrogen-bond donors (Lipinski definition) is 1. The van der Waals surface area contributed by atoms with Gasteiger partial charge >= 0.3 is 0 Å². The third-order valence-corrected chi connectivity index (χ3v) is 3.69. The lowest BCUT2D eigenvalue weighted by Gasteiger charge is -2.22. The Hall–Kier alpha value is -0.980. The van der Waals surface area contributed by atoms with Crippen molar-refractivity contribution in [2.75, 3.05) is 5.32 Å². The van der Waals surface area contributed by atoms with E-state index in [9.17, 15) is 0 Å². The van der Waals surface area contributed by atoms with Crippen LogP contribution in [0.1, 0.15) is 58.9 Å². The summed E-state index contributed by atoms with van der Waals surface area (Å²) in [7, 11) is 0. The Balaban J connectivity index is 2.67. The fourth-order valence-electron chi connectivity index (χ4n) is 2.10. The van der Waals surface area contributed by atoms with Crippen molar-refractivity contribution in [3.05, 3.63) is 29.8 Å². The molecule has 0 saturated carbocycles. The molecule has 0 bridgehead atoms. The fraction of sp³-hybridized carbons (Fsp3) is 0.625. The van der Waals surface area contributed by atoms with E-state index in [-0.39, 0.29) is 0 Å². The van der Waals surface area contributed by atoms with E-state index in [0.717, 1.165) is 0 Å². The van der Waals surface area contributed by atoms with Crippen LogP contribution >= 0.6 is 0 Å². The second-order valence-corrected chi connectivity index (χ2v) is 5.33. The average molecular weight is 233 g/mol. The Morgan fingerprint density at radius 2 is 1.53 bits per heavy atom. The van der Waals surface area contributed by atoms with Gasteiger partial charge in [-0.3, -0.25) is 0 Å². The van der Waals surface area contributed by atoms with E-state index in [4.69, 9.17) is 0 Å². The normalized spacial score (nSPS) is 14.7. The van der Waals surface area contributed by atoms with Crippen molar-refractivity contribution in [1.29, 1.82) is 0 Å². The molecule has 1 aromatic carbocycles. The average Bonchev–Trinajstić information content (AvgIpc) is 2.35. The maximum Gasteiger partial charge on any atom is 0.0342 e. The quantitative estimate of drug-likeness (QED) is 0.725. The van der Waals surface area contributed by atoms with Crippen LogP contribution in [0.5, 0.6) is 0 Å². The summed E-state index contributed by atoms with van der Waals surface area (Å²) in [6.45, 7) is 11.3. The Labute approximate surface area is 107 Å². The molecule has 0 fully saturated rings. The van der Waals surface area contributed by atoms with Gasteiger partial charge < -0.3 is 5.32 Å². The molecule has 0 aliphatic heterocycles. The van der Waals surface area contributed by atoms with Crippen molar-refractivity contribution in [3.8, 4) is 0 Å². The Morgan fingerprint density at radius 3 is 1.94 bits per heavy atom. The maximum absolute atomic E-state index is 3.61. The van der Waals surface area contributed by atoms with Gasteiger partial charge in [-0.05, 0) is 42.4 Å². The highest BCUT2D eigenvalue weighted by molar-refractivity contribution is 5.46. The monoisotopic (exact) mass is 233 g/mol. The molecule has 17 heavy (non-hydrogen) atoms. The lowest BCUT2D eigenvalue weighted by Crippen LogP contribution is -2.24. The first-order valence-electron chi connectivity index (χ1n) is 6.94. The lowest BCUT2D eigenvalue weighted by molar-refractivity contribution is 0.511. The van der Waals surface area contributed by atoms with Crippen LogP contribution < -0.4 is 5.32 Å². The second-order valence-electron chi connectivity index (χ2n) is 5.33. The molecule has 1 N–H and O–H groups in total. The van der Waals surface area contributed by atoms with Gasteiger partial charge in [0.15, 0.2) is 0 Å². The summed E-state index contributed by atoms with van der Waals surface area (Å²) in [6, 6.07) is 9.51. The van der Waals surface area contributed by atoms with Gasteiger partial charge in [0.25, 0.3) is 0 Å². The largest absolute Gasteiger partial charge is 0.382 e. The molecule has 0 aliphatic rings. The highest BCUT2D eigenvalue weighted by Gasteiger charge is 2.10. The van der Waals surface area contributed by atoms with Gasteiger partial charge in [-0.25, -0.2) is 0 Å². The minimum absolute atomic E-state index is 0.574. The van der Waals surface area contributed by atoms with E-state index in [1.165, 1.54) is 24.1 Å². The predicted molar refractivity (Wildman–Crippen MR) is 77.7 cm³/mol. The van der Waals surface area contributed by atoms with E-state index in [0.29, 0.717) is 17.9 Å². The lowest BCUT2D eigenvalue weighted by atomic mass is 9.98. The molecule has 0 aromatic heterocycles. The molecule has 1 aromatic rings. The van der Waals surface area contributed by atoms with Crippen molar-refractivity contribution in [3.63, 3.8) is 0 Å². The van der Waals surface area contributed by atoms with E-state index >= 15 is 0 Å². The minimum Gasteiger partial charge on any atom is -0.382 e. The van der Waals surface area contributed by atoms with Gasteiger partial charge in [-0.1, -0.05) is 46.8 Å². The van der Waals surface area contributed by atoms with Gasteiger partial charge in [0.2, 0.25) is 0 Å². The van der Waals surface area contributed by atoms with Crippen LogP contribution in [0.15, 0.2) is 24.3 Å². The van der Waals surface area contributed by atoms with Crippen molar-refractivity contribution in [2.45, 2.75) is 59.4 Å². The fourth-order valence-corrected chi connectivity index (χ4v) is 2.10. The van der Waals surface area contributed by atoms with Gasteiger partial charge in [0, 0.05) is 11.7 Å². The van der Waals surface area contributed by atoms with Crippen LogP contribution in [-0.2, 0) is 0 Å². The minimum atomic E-state index is 0.574. The molecule has 1 heteroatoms. The summed E-state index contributed by atoms with van der Waals surface area (Å²) in [5, 5.41) is 3.61. The van der Waals surface area contributed by atoms with E-state index in [1.54, 1.807) is 0 Å². The van der Waals surface area contributed by atoms with Crippen molar-refractivity contribution >= 4 is 5.69 Å². The topological polar surface area (TPSA) is 12.0 Å². The number of rotatable bonds is 6. The summed E-state index contributed by atoms with van der Waals surface area (Å²) >= 11 is 0. The van der Waals surface area contributed by atoms with Crippen molar-refractivity contribution < 1.29 is 0 Å². The SMILES string of the molecule is CCC(C)c1ccc(NC(CC)C(C)C)cc1. The number of hydrogen-bond acceptors (Lipinski definition) is 1. The van der Waals surface area contributed by atoms with E-state index in [1.807, 2.05) is 0 Å². The van der Waals surface area contributed by atoms with Crippen LogP contribution in [-0.4, -0.2) is 6.04 Å². The first kappa shape index (κ1) is 14.1. The first-order valence-corrected chi connectivity index (χ1v) is 6.94. The zero-order chi connectivity index (χ0) is 12.8. The van der Waals surface area contributed by atoms with Crippen LogP contribution in [0.3, 0.4) is 0 Å². The third-order valence-electron chi connectivity index (χ3n) is 3.69. The highest BCUT2D eigenvalue weighted by Crippen LogP contribution is 2.21. The molecule has 96 valence electrons. The summed E-state index contributed by atoms with van der Waals surface area (Å²) in [6.07, 6.45) is 2.38. The molecule has 2 atom stereocenters. The maximum atomic E-state index is 3.61. The van der Waals surface area contributed by atoms with E-state index < -0.39 is 0 Å². The molecule has 0 aliphatic carbocycles. The number of nitrogens with one attached hydrogen (secondary N) is 1. The summed E-state index contributed by atoms with van der Waals surface area (Å²) in [4.78, 5) is 0. The standard InChI is InChI=1S/C16H27N/c1-6-13(5)14-8-10-15(11-9-14)17-16(7-2)12(3)4/h8-13,16-17H,6-7H2,1-5H3. The molecule has 1 rings (SSSR count). The van der Waals surface area contributed by atoms with Crippen LogP contribution in [0, 0.1) is 5.92 Å². The number of anilines is 1. The predicted octanol–water partition coefficient (Wildman–Crippen LogP) is 5.05. The molecule has 0 spiro atoms. The van der Waals surface area contributed by atoms with E-state index in [2.05, 4.69) is 64.2 Å². The molecule has 0 heterocycles. The van der Waals surface area contributed by atoms with Gasteiger partial charge in [-0.2, -0.15) is 0 Å². The third kappa shape index (κ3) is 4.07. The molecule has 2 unspecified atom stereocenters. The Morgan fingerprint density at radius 1 is 0.941 bits per heavy atom. The Bertz CT molecular complexity index is 313. The summed E-state index contributed by atoms with van der Waals surface area (Å²) < 4.78 is 0. The second kappa shape index (κ2) is 6.68. The highest BCUT2D eigenvalue weighted by atomic mass is 14.9. The Kier molecular flexibility index (Phi) is 5.54.